The van der Waals surface area contributed by atoms with E-state index < -0.39 is 10.0 Å². The van der Waals surface area contributed by atoms with Crippen molar-refractivity contribution in [2.24, 2.45) is 11.8 Å². The molecule has 0 saturated heterocycles. The highest BCUT2D eigenvalue weighted by Crippen LogP contribution is 2.33. The molecule has 146 valence electrons. The Hall–Kier alpha value is -1.11. The highest BCUT2D eigenvalue weighted by molar-refractivity contribution is 7.89. The average molecular weight is 402 g/mol. The second-order valence-corrected chi connectivity index (χ2v) is 9.09. The van der Waals surface area contributed by atoms with Crippen molar-refractivity contribution in [3.63, 3.8) is 0 Å². The van der Waals surface area contributed by atoms with E-state index in [4.69, 9.17) is 16.3 Å². The number of hydrogen-bond donors (Lipinski definition) is 1. The van der Waals surface area contributed by atoms with Gasteiger partial charge in [-0.05, 0) is 68.7 Å². The van der Waals surface area contributed by atoms with Gasteiger partial charge in [-0.2, -0.15) is 0 Å². The van der Waals surface area contributed by atoms with Gasteiger partial charge in [0.15, 0.2) is 0 Å². The number of nitrogens with one attached hydrogen (secondary N) is 1. The van der Waals surface area contributed by atoms with E-state index in [1.807, 2.05) is 6.92 Å². The van der Waals surface area contributed by atoms with Gasteiger partial charge < -0.3 is 4.74 Å². The molecule has 0 spiro atoms. The third-order valence-corrected chi connectivity index (χ3v) is 6.66. The van der Waals surface area contributed by atoms with Crippen molar-refractivity contribution in [2.75, 3.05) is 13.2 Å². The summed E-state index contributed by atoms with van der Waals surface area (Å²) in [6, 6.07) is 6.17. The standard InChI is InChI=1S/C19H28ClNO4S/c1-2-25-19(22)14-16-7-5-15(6-8-16)4-3-13-21-26(23,24)18-11-9-17(20)10-12-18/h9-12,15-16,21H,2-8,13-14H2,1H3. The molecule has 0 heterocycles. The Bertz CT molecular complexity index is 667. The van der Waals surface area contributed by atoms with Crippen molar-refractivity contribution in [3.8, 4) is 0 Å². The molecule has 2 rings (SSSR count). The maximum absolute atomic E-state index is 12.2. The van der Waals surface area contributed by atoms with Gasteiger partial charge in [0.2, 0.25) is 10.0 Å². The molecule has 1 aliphatic carbocycles. The molecule has 26 heavy (non-hydrogen) atoms. The van der Waals surface area contributed by atoms with E-state index in [9.17, 15) is 13.2 Å². The maximum Gasteiger partial charge on any atom is 0.306 e. The number of esters is 1. The lowest BCUT2D eigenvalue weighted by molar-refractivity contribution is -0.144. The summed E-state index contributed by atoms with van der Waals surface area (Å²) in [5, 5.41) is 0.516. The second-order valence-electron chi connectivity index (χ2n) is 6.89. The van der Waals surface area contributed by atoms with Gasteiger partial charge in [-0.15, -0.1) is 0 Å². The molecule has 0 aromatic heterocycles. The second kappa shape index (κ2) is 10.3. The minimum absolute atomic E-state index is 0.0902. The third-order valence-electron chi connectivity index (χ3n) is 4.93. The van der Waals surface area contributed by atoms with Gasteiger partial charge in [0.25, 0.3) is 0 Å². The number of ether oxygens (including phenoxy) is 1. The fourth-order valence-corrected chi connectivity index (χ4v) is 4.67. The predicted molar refractivity (Wildman–Crippen MR) is 103 cm³/mol. The Morgan fingerprint density at radius 3 is 2.38 bits per heavy atom. The van der Waals surface area contributed by atoms with E-state index >= 15 is 0 Å². The number of benzene rings is 1. The topological polar surface area (TPSA) is 72.5 Å². The first-order chi connectivity index (χ1) is 12.4. The van der Waals surface area contributed by atoms with Crippen LogP contribution in [0.1, 0.15) is 51.9 Å². The van der Waals surface area contributed by atoms with Gasteiger partial charge in [0, 0.05) is 18.0 Å². The summed E-state index contributed by atoms with van der Waals surface area (Å²) in [7, 11) is -3.47. The summed E-state index contributed by atoms with van der Waals surface area (Å²) >= 11 is 5.79. The molecular formula is C19H28ClNO4S. The van der Waals surface area contributed by atoms with Crippen LogP contribution in [0, 0.1) is 11.8 Å². The lowest BCUT2D eigenvalue weighted by atomic mass is 9.79. The molecular weight excluding hydrogens is 374 g/mol. The van der Waals surface area contributed by atoms with Crippen molar-refractivity contribution in [1.29, 1.82) is 0 Å². The van der Waals surface area contributed by atoms with Gasteiger partial charge in [-0.25, -0.2) is 13.1 Å². The van der Waals surface area contributed by atoms with Crippen LogP contribution in [0.25, 0.3) is 0 Å². The van der Waals surface area contributed by atoms with Crippen molar-refractivity contribution in [1.82, 2.24) is 4.72 Å². The summed E-state index contributed by atoms with van der Waals surface area (Å²) < 4.78 is 32.1. The zero-order valence-corrected chi connectivity index (χ0v) is 16.8. The Kier molecular flexibility index (Phi) is 8.38. The van der Waals surface area contributed by atoms with E-state index in [0.717, 1.165) is 38.5 Å². The fraction of sp³-hybridized carbons (Fsp3) is 0.632. The molecule has 1 aliphatic rings. The van der Waals surface area contributed by atoms with Crippen LogP contribution in [0.4, 0.5) is 0 Å². The highest BCUT2D eigenvalue weighted by Gasteiger charge is 2.23. The van der Waals surface area contributed by atoms with E-state index in [2.05, 4.69) is 4.72 Å². The average Bonchev–Trinajstić information content (AvgIpc) is 2.61. The molecule has 0 bridgehead atoms. The minimum atomic E-state index is -3.47. The smallest absolute Gasteiger partial charge is 0.306 e. The normalized spacial score (nSPS) is 20.7. The first kappa shape index (κ1) is 21.2. The third kappa shape index (κ3) is 6.89. The number of hydrogen-bond acceptors (Lipinski definition) is 4. The molecule has 7 heteroatoms. The van der Waals surface area contributed by atoms with Crippen LogP contribution in [-0.2, 0) is 19.6 Å². The molecule has 1 aromatic carbocycles. The van der Waals surface area contributed by atoms with E-state index in [1.54, 1.807) is 12.1 Å². The first-order valence-corrected chi connectivity index (χ1v) is 11.2. The van der Waals surface area contributed by atoms with Gasteiger partial charge >= 0.3 is 5.97 Å². The van der Waals surface area contributed by atoms with Crippen molar-refractivity contribution in [3.05, 3.63) is 29.3 Å². The minimum Gasteiger partial charge on any atom is -0.466 e. The lowest BCUT2D eigenvalue weighted by Gasteiger charge is -2.28. The number of carbonyl (C=O) groups is 1. The van der Waals surface area contributed by atoms with E-state index in [0.29, 0.717) is 36.4 Å². The number of halogens is 1. The molecule has 5 nitrogen and oxygen atoms in total. The summed E-state index contributed by atoms with van der Waals surface area (Å²) in [6.45, 7) is 2.71. The van der Waals surface area contributed by atoms with Crippen LogP contribution in [0.2, 0.25) is 5.02 Å². The van der Waals surface area contributed by atoms with Crippen molar-refractivity contribution in [2.45, 2.75) is 56.8 Å². The first-order valence-electron chi connectivity index (χ1n) is 9.31. The summed E-state index contributed by atoms with van der Waals surface area (Å²) in [5.41, 5.74) is 0. The fourth-order valence-electron chi connectivity index (χ4n) is 3.47. The molecule has 0 radical (unpaired) electrons. The zero-order valence-electron chi connectivity index (χ0n) is 15.2. The Morgan fingerprint density at radius 1 is 1.15 bits per heavy atom. The number of carbonyl (C=O) groups excluding carboxylic acids is 1. The van der Waals surface area contributed by atoms with Gasteiger partial charge in [0.1, 0.15) is 0 Å². The molecule has 0 unspecified atom stereocenters. The molecule has 1 N–H and O–H groups in total. The SMILES string of the molecule is CCOC(=O)CC1CCC(CCCNS(=O)(=O)c2ccc(Cl)cc2)CC1. The Morgan fingerprint density at radius 2 is 1.77 bits per heavy atom. The number of sulfonamides is 1. The Labute approximate surface area is 161 Å². The van der Waals surface area contributed by atoms with Crippen LogP contribution in [0.5, 0.6) is 0 Å². The quantitative estimate of drug-likeness (QED) is 0.498. The molecule has 1 fully saturated rings. The van der Waals surface area contributed by atoms with E-state index in [1.165, 1.54) is 12.1 Å². The van der Waals surface area contributed by atoms with Gasteiger partial charge in [0.05, 0.1) is 11.5 Å². The summed E-state index contributed by atoms with van der Waals surface area (Å²) in [6.07, 6.45) is 6.68. The summed E-state index contributed by atoms with van der Waals surface area (Å²) in [4.78, 5) is 11.8. The van der Waals surface area contributed by atoms with Crippen molar-refractivity contribution >= 4 is 27.6 Å². The monoisotopic (exact) mass is 401 g/mol. The predicted octanol–water partition coefficient (Wildman–Crippen LogP) is 4.16. The number of rotatable bonds is 9. The molecule has 0 aliphatic heterocycles. The van der Waals surface area contributed by atoms with Crippen LogP contribution >= 0.6 is 11.6 Å². The largest absolute Gasteiger partial charge is 0.466 e. The van der Waals surface area contributed by atoms with Crippen LogP contribution < -0.4 is 4.72 Å². The van der Waals surface area contributed by atoms with Gasteiger partial charge in [-0.1, -0.05) is 24.4 Å². The summed E-state index contributed by atoms with van der Waals surface area (Å²) in [5.74, 6) is 0.967. The van der Waals surface area contributed by atoms with Crippen LogP contribution in [0.15, 0.2) is 29.2 Å². The molecule has 0 amide bonds. The molecule has 1 saturated carbocycles. The molecule has 0 atom stereocenters. The zero-order chi connectivity index (χ0) is 19.0. The highest BCUT2D eigenvalue weighted by atomic mass is 35.5. The Balaban J connectivity index is 1.65. The van der Waals surface area contributed by atoms with Crippen LogP contribution in [0.3, 0.4) is 0 Å². The van der Waals surface area contributed by atoms with Gasteiger partial charge in [-0.3, -0.25) is 4.79 Å². The maximum atomic E-state index is 12.2. The van der Waals surface area contributed by atoms with Crippen molar-refractivity contribution < 1.29 is 17.9 Å². The lowest BCUT2D eigenvalue weighted by Crippen LogP contribution is -2.25. The molecule has 1 aromatic rings. The van der Waals surface area contributed by atoms with E-state index in [-0.39, 0.29) is 10.9 Å². The van der Waals surface area contributed by atoms with Crippen LogP contribution in [-0.4, -0.2) is 27.5 Å².